The lowest BCUT2D eigenvalue weighted by molar-refractivity contribution is -0.158. The first-order valence-corrected chi connectivity index (χ1v) is 17.3. The predicted octanol–water partition coefficient (Wildman–Crippen LogP) is -0.418. The lowest BCUT2D eigenvalue weighted by Gasteiger charge is -2.36. The number of fused-ring (bicyclic) bond motifs is 2. The number of carbonyl (C=O) groups excluding carboxylic acids is 7. The van der Waals surface area contributed by atoms with Crippen LogP contribution in [0.1, 0.15) is 52.0 Å². The summed E-state index contributed by atoms with van der Waals surface area (Å²) < 4.78 is 5.65. The van der Waals surface area contributed by atoms with Crippen LogP contribution in [-0.2, 0) is 44.7 Å². The topological polar surface area (TPSA) is 195 Å². The Morgan fingerprint density at radius 3 is 2.41 bits per heavy atom. The zero-order chi connectivity index (χ0) is 37.2. The van der Waals surface area contributed by atoms with E-state index >= 15 is 0 Å². The summed E-state index contributed by atoms with van der Waals surface area (Å²) in [5.74, 6) is -4.36. The van der Waals surface area contributed by atoms with Crippen LogP contribution < -0.4 is 16.0 Å². The standard InChI is InChI=1S/C36H48N6O9/c1-22-16-17-28-35(49)40(4)24(3)31(45)37-23(2)33(47)41-18-11-14-29(41)36(50)51-21-27(34(48)42(22)28)39-32(46)26(20-25-12-7-5-8-13-25)38-30(44)15-9-6-10-19-43/h5-10,12-13,15,22-24,26-29,43H,11,14,16-21H2,1-4H3,(H,37,45)(H,38,44)(H,39,46)/b10-6+,15-9+/t22?,23-,24-,26-,27?,28-,29-/m0/s1. The fourth-order valence-corrected chi connectivity index (χ4v) is 6.57. The molecule has 15 heteroatoms. The van der Waals surface area contributed by atoms with E-state index < -0.39 is 90.3 Å². The van der Waals surface area contributed by atoms with Gasteiger partial charge in [0.1, 0.15) is 42.9 Å². The molecule has 51 heavy (non-hydrogen) atoms. The average Bonchev–Trinajstić information content (AvgIpc) is 3.77. The van der Waals surface area contributed by atoms with Crippen LogP contribution in [0.2, 0.25) is 0 Å². The first-order valence-electron chi connectivity index (χ1n) is 17.3. The number of benzene rings is 1. The number of ether oxygens (including phenoxy) is 1. The highest BCUT2D eigenvalue weighted by atomic mass is 16.5. The van der Waals surface area contributed by atoms with Gasteiger partial charge in [0.25, 0.3) is 0 Å². The van der Waals surface area contributed by atoms with E-state index in [4.69, 9.17) is 9.84 Å². The molecule has 0 aliphatic carbocycles. The van der Waals surface area contributed by atoms with Crippen molar-refractivity contribution in [2.75, 3.05) is 26.8 Å². The highest BCUT2D eigenvalue weighted by molar-refractivity contribution is 5.98. The summed E-state index contributed by atoms with van der Waals surface area (Å²) in [6.07, 6.45) is 7.11. The Labute approximate surface area is 297 Å². The predicted molar refractivity (Wildman–Crippen MR) is 184 cm³/mol. The molecule has 0 saturated carbocycles. The Morgan fingerprint density at radius 1 is 0.980 bits per heavy atom. The minimum absolute atomic E-state index is 0.0583. The fraction of sp³-hybridized carbons (Fsp3) is 0.528. The van der Waals surface area contributed by atoms with Crippen molar-refractivity contribution in [3.05, 3.63) is 60.2 Å². The molecule has 4 N–H and O–H groups in total. The number of aliphatic hydroxyl groups excluding tert-OH is 1. The number of amides is 6. The molecule has 0 bridgehead atoms. The van der Waals surface area contributed by atoms with Gasteiger partial charge in [0.05, 0.1) is 6.61 Å². The SMILES string of the molecule is CC1CC[C@H]2C(=O)N(C)[C@@H](C)C(=O)N[C@@H](C)C(=O)N3CCC[C@H]3C(=O)OCC(NC(=O)[C@H](Cc3ccccc3)NC(=O)/C=C/C=C/CO)C(=O)N12. The minimum atomic E-state index is -1.46. The maximum Gasteiger partial charge on any atom is 0.328 e. The Morgan fingerprint density at radius 2 is 1.71 bits per heavy atom. The molecule has 1 aromatic carbocycles. The van der Waals surface area contributed by atoms with Gasteiger partial charge in [0.15, 0.2) is 0 Å². The summed E-state index contributed by atoms with van der Waals surface area (Å²) in [7, 11) is 1.45. The van der Waals surface area contributed by atoms with E-state index in [1.807, 2.05) is 0 Å². The van der Waals surface area contributed by atoms with Crippen LogP contribution in [-0.4, -0.2) is 130 Å². The van der Waals surface area contributed by atoms with Gasteiger partial charge >= 0.3 is 5.97 Å². The van der Waals surface area contributed by atoms with Crippen LogP contribution in [0, 0.1) is 0 Å². The van der Waals surface area contributed by atoms with Crippen molar-refractivity contribution < 1.29 is 43.4 Å². The smallest absolute Gasteiger partial charge is 0.328 e. The summed E-state index contributed by atoms with van der Waals surface area (Å²) in [6.45, 7) is 4.24. The first-order chi connectivity index (χ1) is 24.3. The highest BCUT2D eigenvalue weighted by Gasteiger charge is 2.45. The van der Waals surface area contributed by atoms with Gasteiger partial charge in [-0.2, -0.15) is 0 Å². The van der Waals surface area contributed by atoms with Crippen LogP contribution in [0.15, 0.2) is 54.6 Å². The number of cyclic esters (lactones) is 1. The minimum Gasteiger partial charge on any atom is -0.461 e. The number of rotatable bonds is 8. The van der Waals surface area contributed by atoms with Crippen LogP contribution >= 0.6 is 0 Å². The van der Waals surface area contributed by atoms with Crippen molar-refractivity contribution >= 4 is 41.4 Å². The molecule has 2 unspecified atom stereocenters. The molecular formula is C36H48N6O9. The Balaban J connectivity index is 1.67. The average molecular weight is 709 g/mol. The molecule has 6 amide bonds. The normalized spacial score (nSPS) is 27.3. The van der Waals surface area contributed by atoms with Crippen molar-refractivity contribution in [1.29, 1.82) is 0 Å². The summed E-state index contributed by atoms with van der Waals surface area (Å²) in [4.78, 5) is 99.0. The third-order valence-electron chi connectivity index (χ3n) is 9.58. The van der Waals surface area contributed by atoms with Gasteiger partial charge in [-0.25, -0.2) is 4.79 Å². The van der Waals surface area contributed by atoms with E-state index in [-0.39, 0.29) is 19.6 Å². The van der Waals surface area contributed by atoms with Crippen molar-refractivity contribution in [2.45, 2.75) is 95.2 Å². The first kappa shape index (κ1) is 38.7. The second kappa shape index (κ2) is 17.7. The molecule has 0 spiro atoms. The van der Waals surface area contributed by atoms with E-state index in [9.17, 15) is 33.6 Å². The van der Waals surface area contributed by atoms with Crippen LogP contribution in [0.4, 0.5) is 0 Å². The number of esters is 1. The maximum atomic E-state index is 14.4. The Bertz CT molecular complexity index is 1530. The van der Waals surface area contributed by atoms with Crippen molar-refractivity contribution in [3.8, 4) is 0 Å². The second-order valence-electron chi connectivity index (χ2n) is 13.1. The van der Waals surface area contributed by atoms with Crippen molar-refractivity contribution in [1.82, 2.24) is 30.7 Å². The van der Waals surface area contributed by atoms with Crippen LogP contribution in [0.5, 0.6) is 0 Å². The van der Waals surface area contributed by atoms with E-state index in [1.165, 1.54) is 59.9 Å². The van der Waals surface area contributed by atoms with E-state index in [0.29, 0.717) is 25.7 Å². The fourth-order valence-electron chi connectivity index (χ4n) is 6.57. The zero-order valence-corrected chi connectivity index (χ0v) is 29.4. The molecule has 7 atom stereocenters. The number of allylic oxidation sites excluding steroid dienone is 2. The second-order valence-corrected chi connectivity index (χ2v) is 13.1. The quantitative estimate of drug-likeness (QED) is 0.158. The largest absolute Gasteiger partial charge is 0.461 e. The van der Waals surface area contributed by atoms with Gasteiger partial charge in [-0.15, -0.1) is 0 Å². The number of hydrogen-bond donors (Lipinski definition) is 4. The zero-order valence-electron chi connectivity index (χ0n) is 29.4. The monoisotopic (exact) mass is 708 g/mol. The van der Waals surface area contributed by atoms with E-state index in [2.05, 4.69) is 16.0 Å². The highest BCUT2D eigenvalue weighted by Crippen LogP contribution is 2.27. The van der Waals surface area contributed by atoms with Gasteiger partial charge in [-0.3, -0.25) is 28.8 Å². The molecule has 3 saturated heterocycles. The van der Waals surface area contributed by atoms with Crippen LogP contribution in [0.25, 0.3) is 0 Å². The van der Waals surface area contributed by atoms with Gasteiger partial charge in [0, 0.05) is 32.1 Å². The number of carbonyl (C=O) groups is 7. The maximum absolute atomic E-state index is 14.4. The number of hydrogen-bond acceptors (Lipinski definition) is 9. The summed E-state index contributed by atoms with van der Waals surface area (Å²) in [5, 5.41) is 16.9. The van der Waals surface area contributed by atoms with Gasteiger partial charge < -0.3 is 40.5 Å². The summed E-state index contributed by atoms with van der Waals surface area (Å²) in [5.41, 5.74) is 0.720. The molecule has 4 rings (SSSR count). The summed E-state index contributed by atoms with van der Waals surface area (Å²) >= 11 is 0. The van der Waals surface area contributed by atoms with Gasteiger partial charge in [-0.1, -0.05) is 48.6 Å². The molecule has 15 nitrogen and oxygen atoms in total. The molecule has 0 aromatic heterocycles. The molecule has 276 valence electrons. The van der Waals surface area contributed by atoms with Crippen molar-refractivity contribution in [2.24, 2.45) is 0 Å². The third-order valence-corrected chi connectivity index (χ3v) is 9.58. The number of likely N-dealkylation sites (N-methyl/N-ethyl adjacent to an activating group) is 1. The molecule has 3 heterocycles. The molecule has 1 aromatic rings. The van der Waals surface area contributed by atoms with E-state index in [1.54, 1.807) is 37.3 Å². The van der Waals surface area contributed by atoms with Crippen LogP contribution in [0.3, 0.4) is 0 Å². The third kappa shape index (κ3) is 9.60. The molecule has 0 radical (unpaired) electrons. The lowest BCUT2D eigenvalue weighted by Crippen LogP contribution is -2.61. The van der Waals surface area contributed by atoms with Gasteiger partial charge in [-0.05, 0) is 52.0 Å². The Hall–Kier alpha value is -5.05. The Kier molecular flexibility index (Phi) is 13.5. The number of aliphatic hydroxyl groups is 1. The van der Waals surface area contributed by atoms with Gasteiger partial charge in [0.2, 0.25) is 35.4 Å². The van der Waals surface area contributed by atoms with Crippen molar-refractivity contribution in [3.63, 3.8) is 0 Å². The van der Waals surface area contributed by atoms with E-state index in [0.717, 1.165) is 5.56 Å². The number of nitrogens with zero attached hydrogens (tertiary/aromatic N) is 3. The lowest BCUT2D eigenvalue weighted by atomic mass is 10.0. The molecular weight excluding hydrogens is 660 g/mol. The molecule has 3 fully saturated rings. The number of nitrogens with one attached hydrogen (secondary N) is 3. The molecule has 3 aliphatic heterocycles. The molecule has 3 aliphatic rings. The summed E-state index contributed by atoms with van der Waals surface area (Å²) in [6, 6.07) is 1.95.